The highest BCUT2D eigenvalue weighted by Gasteiger charge is 2.22. The Morgan fingerprint density at radius 2 is 2.20 bits per heavy atom. The van der Waals surface area contributed by atoms with Gasteiger partial charge in [0.2, 0.25) is 5.65 Å². The first-order valence-electron chi connectivity index (χ1n) is 7.42. The molecule has 0 radical (unpaired) electrons. The summed E-state index contributed by atoms with van der Waals surface area (Å²) >= 11 is 0. The Morgan fingerprint density at radius 3 is 3.05 bits per heavy atom. The first-order chi connectivity index (χ1) is 9.78. The smallest absolute Gasteiger partial charge is 0.200 e. The normalized spacial score (nSPS) is 23.7. The molecule has 0 saturated heterocycles. The highest BCUT2D eigenvalue weighted by molar-refractivity contribution is 5.67. The van der Waals surface area contributed by atoms with Crippen molar-refractivity contribution >= 4 is 11.3 Å². The fourth-order valence-corrected chi connectivity index (χ4v) is 2.81. The van der Waals surface area contributed by atoms with Gasteiger partial charge in [-0.25, -0.2) is 0 Å². The molecule has 2 aromatic rings. The molecule has 0 unspecified atom stereocenters. The van der Waals surface area contributed by atoms with Crippen LogP contribution >= 0.6 is 0 Å². The van der Waals surface area contributed by atoms with E-state index in [-0.39, 0.29) is 12.1 Å². The average Bonchev–Trinajstić information content (AvgIpc) is 2.84. The maximum absolute atomic E-state index is 10.2. The summed E-state index contributed by atoms with van der Waals surface area (Å²) in [6, 6.07) is 2.10. The third kappa shape index (κ3) is 2.60. The number of fused-ring (bicyclic) bond motifs is 1. The third-order valence-electron chi connectivity index (χ3n) is 4.00. The van der Waals surface area contributed by atoms with Gasteiger partial charge < -0.3 is 10.4 Å². The van der Waals surface area contributed by atoms with E-state index in [0.717, 1.165) is 49.1 Å². The van der Waals surface area contributed by atoms with Crippen molar-refractivity contribution < 1.29 is 5.11 Å². The van der Waals surface area contributed by atoms with E-state index in [1.807, 2.05) is 6.07 Å². The second-order valence-electron chi connectivity index (χ2n) is 5.46. The van der Waals surface area contributed by atoms with Gasteiger partial charge in [-0.3, -0.25) is 0 Å². The Hall–Kier alpha value is -1.69. The maximum atomic E-state index is 10.2. The Morgan fingerprint density at radius 1 is 1.35 bits per heavy atom. The van der Waals surface area contributed by atoms with E-state index in [0.29, 0.717) is 0 Å². The number of aromatic nitrogens is 4. The van der Waals surface area contributed by atoms with Crippen molar-refractivity contribution in [3.63, 3.8) is 0 Å². The SMILES string of the molecule is CCc1cc(N[C@@H]2CCCCC[C@H]2O)c2nncn2n1. The molecule has 2 N–H and O–H groups in total. The lowest BCUT2D eigenvalue weighted by atomic mass is 10.1. The van der Waals surface area contributed by atoms with Gasteiger partial charge in [-0.15, -0.1) is 10.2 Å². The Balaban J connectivity index is 1.90. The number of nitrogens with zero attached hydrogens (tertiary/aromatic N) is 4. The lowest BCUT2D eigenvalue weighted by Crippen LogP contribution is -2.32. The van der Waals surface area contributed by atoms with Gasteiger partial charge in [0.05, 0.1) is 23.5 Å². The molecule has 2 aromatic heterocycles. The molecule has 0 amide bonds. The van der Waals surface area contributed by atoms with Crippen LogP contribution in [-0.4, -0.2) is 37.1 Å². The summed E-state index contributed by atoms with van der Waals surface area (Å²) in [5.74, 6) is 0. The minimum atomic E-state index is -0.293. The number of nitrogens with one attached hydrogen (secondary N) is 1. The molecule has 1 aliphatic carbocycles. The zero-order chi connectivity index (χ0) is 13.9. The van der Waals surface area contributed by atoms with E-state index >= 15 is 0 Å². The molecule has 2 atom stereocenters. The molecule has 20 heavy (non-hydrogen) atoms. The zero-order valence-corrected chi connectivity index (χ0v) is 11.8. The number of rotatable bonds is 3. The predicted molar refractivity (Wildman–Crippen MR) is 76.7 cm³/mol. The average molecular weight is 275 g/mol. The Kier molecular flexibility index (Phi) is 3.82. The molecule has 1 saturated carbocycles. The molecule has 3 rings (SSSR count). The Labute approximate surface area is 118 Å². The summed E-state index contributed by atoms with van der Waals surface area (Å²) in [5, 5.41) is 26.2. The van der Waals surface area contributed by atoms with Gasteiger partial charge >= 0.3 is 0 Å². The molecular formula is C14H21N5O. The molecule has 6 heteroatoms. The van der Waals surface area contributed by atoms with Crippen molar-refractivity contribution in [2.75, 3.05) is 5.32 Å². The summed E-state index contributed by atoms with van der Waals surface area (Å²) in [6.45, 7) is 2.07. The first kappa shape index (κ1) is 13.3. The second kappa shape index (κ2) is 5.75. The van der Waals surface area contributed by atoms with Crippen LogP contribution in [0.2, 0.25) is 0 Å². The van der Waals surface area contributed by atoms with Crippen LogP contribution in [0.25, 0.3) is 5.65 Å². The van der Waals surface area contributed by atoms with E-state index < -0.39 is 0 Å². The van der Waals surface area contributed by atoms with Crippen LogP contribution in [-0.2, 0) is 6.42 Å². The number of hydrogen-bond acceptors (Lipinski definition) is 5. The first-order valence-corrected chi connectivity index (χ1v) is 7.42. The molecule has 6 nitrogen and oxygen atoms in total. The fraction of sp³-hybridized carbons (Fsp3) is 0.643. The molecule has 0 bridgehead atoms. The van der Waals surface area contributed by atoms with Crippen LogP contribution in [0, 0.1) is 0 Å². The molecule has 1 fully saturated rings. The summed E-state index contributed by atoms with van der Waals surface area (Å²) < 4.78 is 1.70. The number of anilines is 1. The lowest BCUT2D eigenvalue weighted by Gasteiger charge is -2.23. The highest BCUT2D eigenvalue weighted by atomic mass is 16.3. The standard InChI is InChI=1S/C14H21N5O/c1-2-10-8-12(14-17-15-9-19(14)18-10)16-11-6-4-3-5-7-13(11)20/h8-9,11,13,16,20H,2-7H2,1H3/t11-,13-/m1/s1. The van der Waals surface area contributed by atoms with Crippen molar-refractivity contribution in [2.24, 2.45) is 0 Å². The fourth-order valence-electron chi connectivity index (χ4n) is 2.81. The van der Waals surface area contributed by atoms with Gasteiger partial charge in [0.25, 0.3) is 0 Å². The molecule has 2 heterocycles. The van der Waals surface area contributed by atoms with E-state index in [2.05, 4.69) is 27.5 Å². The van der Waals surface area contributed by atoms with E-state index in [1.54, 1.807) is 10.8 Å². The third-order valence-corrected chi connectivity index (χ3v) is 4.00. The van der Waals surface area contributed by atoms with Crippen LogP contribution in [0.5, 0.6) is 0 Å². The van der Waals surface area contributed by atoms with E-state index in [1.165, 1.54) is 6.42 Å². The Bertz CT molecular complexity index is 582. The van der Waals surface area contributed by atoms with Gasteiger partial charge in [-0.2, -0.15) is 9.61 Å². The van der Waals surface area contributed by atoms with Gasteiger partial charge in [0.15, 0.2) is 0 Å². The molecule has 108 valence electrons. The summed E-state index contributed by atoms with van der Waals surface area (Å²) in [6.07, 6.45) is 7.50. The second-order valence-corrected chi connectivity index (χ2v) is 5.46. The summed E-state index contributed by atoms with van der Waals surface area (Å²) in [7, 11) is 0. The van der Waals surface area contributed by atoms with Gasteiger partial charge in [0, 0.05) is 0 Å². The number of aryl methyl sites for hydroxylation is 1. The lowest BCUT2D eigenvalue weighted by molar-refractivity contribution is 0.144. The predicted octanol–water partition coefficient (Wildman–Crippen LogP) is 1.79. The van der Waals surface area contributed by atoms with Crippen molar-refractivity contribution in [2.45, 2.75) is 57.6 Å². The van der Waals surface area contributed by atoms with Gasteiger partial charge in [-0.1, -0.05) is 26.2 Å². The molecule has 0 aromatic carbocycles. The van der Waals surface area contributed by atoms with Crippen molar-refractivity contribution in [1.29, 1.82) is 0 Å². The van der Waals surface area contributed by atoms with Crippen molar-refractivity contribution in [3.05, 3.63) is 18.1 Å². The molecule has 1 aliphatic rings. The van der Waals surface area contributed by atoms with Crippen molar-refractivity contribution in [3.8, 4) is 0 Å². The zero-order valence-electron chi connectivity index (χ0n) is 11.8. The van der Waals surface area contributed by atoms with Gasteiger partial charge in [-0.05, 0) is 25.3 Å². The summed E-state index contributed by atoms with van der Waals surface area (Å²) in [5.41, 5.74) is 2.63. The highest BCUT2D eigenvalue weighted by Crippen LogP contribution is 2.23. The van der Waals surface area contributed by atoms with Crippen molar-refractivity contribution in [1.82, 2.24) is 19.8 Å². The number of hydrogen-bond donors (Lipinski definition) is 2. The minimum absolute atomic E-state index is 0.0881. The topological polar surface area (TPSA) is 75.3 Å². The van der Waals surface area contributed by atoms with Crippen LogP contribution in [0.4, 0.5) is 5.69 Å². The summed E-state index contributed by atoms with van der Waals surface area (Å²) in [4.78, 5) is 0. The van der Waals surface area contributed by atoms with Crippen LogP contribution in [0.15, 0.2) is 12.4 Å². The van der Waals surface area contributed by atoms with Crippen LogP contribution in [0.1, 0.15) is 44.7 Å². The minimum Gasteiger partial charge on any atom is -0.391 e. The van der Waals surface area contributed by atoms with Crippen LogP contribution < -0.4 is 5.32 Å². The molecular weight excluding hydrogens is 254 g/mol. The van der Waals surface area contributed by atoms with Crippen LogP contribution in [0.3, 0.4) is 0 Å². The molecule has 0 spiro atoms. The largest absolute Gasteiger partial charge is 0.391 e. The van der Waals surface area contributed by atoms with E-state index in [9.17, 15) is 5.11 Å². The number of aliphatic hydroxyl groups excluding tert-OH is 1. The monoisotopic (exact) mass is 275 g/mol. The van der Waals surface area contributed by atoms with Gasteiger partial charge in [0.1, 0.15) is 6.33 Å². The number of aliphatic hydroxyl groups is 1. The molecule has 0 aliphatic heterocycles. The van der Waals surface area contributed by atoms with E-state index in [4.69, 9.17) is 0 Å². The quantitative estimate of drug-likeness (QED) is 0.835. The maximum Gasteiger partial charge on any atom is 0.200 e.